The molecule has 0 heterocycles. The molecule has 0 heteroatoms. The minimum atomic E-state index is 0.895. The van der Waals surface area contributed by atoms with Crippen LogP contribution in [0.15, 0.2) is 24.8 Å². The monoisotopic (exact) mass is 107 g/mol. The number of rotatable bonds is 3. The van der Waals surface area contributed by atoms with Gasteiger partial charge in [-0.05, 0) is 25.2 Å². The van der Waals surface area contributed by atoms with Crippen LogP contribution < -0.4 is 0 Å². The first-order valence-electron chi connectivity index (χ1n) is 3.04. The molecule has 1 aliphatic carbocycles. The lowest BCUT2D eigenvalue weighted by Gasteiger charge is -1.80. The molecule has 1 fully saturated rings. The molecule has 0 aromatic heterocycles. The maximum Gasteiger partial charge on any atom is -0.0316 e. The van der Waals surface area contributed by atoms with Gasteiger partial charge in [0.05, 0.1) is 0 Å². The fourth-order valence-corrected chi connectivity index (χ4v) is 0.638. The van der Waals surface area contributed by atoms with Gasteiger partial charge in [0, 0.05) is 0 Å². The van der Waals surface area contributed by atoms with Crippen molar-refractivity contribution in [2.45, 2.75) is 12.8 Å². The van der Waals surface area contributed by atoms with Gasteiger partial charge in [0.25, 0.3) is 0 Å². The van der Waals surface area contributed by atoms with Crippen LogP contribution in [-0.2, 0) is 0 Å². The van der Waals surface area contributed by atoms with Gasteiger partial charge in [0.1, 0.15) is 0 Å². The average Bonchev–Trinajstić information content (AvgIpc) is 2.51. The second-order valence-electron chi connectivity index (χ2n) is 2.13. The fourth-order valence-electron chi connectivity index (χ4n) is 0.638. The van der Waals surface area contributed by atoms with E-state index in [9.17, 15) is 0 Å². The molecule has 0 amide bonds. The van der Waals surface area contributed by atoms with Gasteiger partial charge in [-0.1, -0.05) is 24.8 Å². The quantitative estimate of drug-likeness (QED) is 0.485. The molecule has 1 saturated carbocycles. The van der Waals surface area contributed by atoms with Gasteiger partial charge in [-0.2, -0.15) is 0 Å². The van der Waals surface area contributed by atoms with E-state index < -0.39 is 0 Å². The van der Waals surface area contributed by atoms with E-state index in [1.807, 2.05) is 12.2 Å². The lowest BCUT2D eigenvalue weighted by atomic mass is 10.3. The third-order valence-corrected chi connectivity index (χ3v) is 1.28. The van der Waals surface area contributed by atoms with Crippen molar-refractivity contribution in [2.24, 2.45) is 5.92 Å². The van der Waals surface area contributed by atoms with E-state index in [1.165, 1.54) is 12.8 Å². The van der Waals surface area contributed by atoms with E-state index >= 15 is 0 Å². The summed E-state index contributed by atoms with van der Waals surface area (Å²) in [7, 11) is 0. The summed E-state index contributed by atoms with van der Waals surface area (Å²) in [6.07, 6.45) is 10.9. The smallest absolute Gasteiger partial charge is 0.0316 e. The molecule has 1 unspecified atom stereocenters. The second-order valence-corrected chi connectivity index (χ2v) is 2.13. The largest absolute Gasteiger partial charge is 0.0991 e. The van der Waals surface area contributed by atoms with Crippen LogP contribution in [-0.4, -0.2) is 0 Å². The molecule has 0 N–H and O–H groups in total. The number of hydrogen-bond acceptors (Lipinski definition) is 0. The van der Waals surface area contributed by atoms with Crippen molar-refractivity contribution in [3.63, 3.8) is 0 Å². The van der Waals surface area contributed by atoms with Gasteiger partial charge in [-0.15, -0.1) is 0 Å². The lowest BCUT2D eigenvalue weighted by molar-refractivity contribution is 0.892. The third kappa shape index (κ3) is 1.97. The highest BCUT2D eigenvalue weighted by Crippen LogP contribution is 2.30. The molecule has 8 heavy (non-hydrogen) atoms. The van der Waals surface area contributed by atoms with Gasteiger partial charge in [-0.3, -0.25) is 0 Å². The standard InChI is InChI=1S/C8H11/c1-2-3-4-5-8-6-7-8/h2-4,6,8H,1,5,7H2. The normalized spacial score (nSPS) is 19.5. The van der Waals surface area contributed by atoms with Gasteiger partial charge >= 0.3 is 0 Å². The summed E-state index contributed by atoms with van der Waals surface area (Å²) >= 11 is 0. The molecule has 1 radical (unpaired) electrons. The van der Waals surface area contributed by atoms with Crippen molar-refractivity contribution in [2.75, 3.05) is 0 Å². The summed E-state index contributed by atoms with van der Waals surface area (Å²) in [6.45, 7) is 3.58. The third-order valence-electron chi connectivity index (χ3n) is 1.28. The van der Waals surface area contributed by atoms with Gasteiger partial charge in [0.2, 0.25) is 0 Å². The van der Waals surface area contributed by atoms with E-state index in [1.54, 1.807) is 0 Å². The van der Waals surface area contributed by atoms with Crippen molar-refractivity contribution in [3.05, 3.63) is 31.2 Å². The average molecular weight is 107 g/mol. The van der Waals surface area contributed by atoms with Crippen molar-refractivity contribution in [1.82, 2.24) is 0 Å². The highest BCUT2D eigenvalue weighted by molar-refractivity contribution is 5.04. The van der Waals surface area contributed by atoms with Crippen LogP contribution in [0.3, 0.4) is 0 Å². The predicted molar refractivity (Wildman–Crippen MR) is 36.4 cm³/mol. The van der Waals surface area contributed by atoms with Crippen LogP contribution in [0, 0.1) is 12.3 Å². The Morgan fingerprint density at radius 3 is 3.00 bits per heavy atom. The van der Waals surface area contributed by atoms with Crippen molar-refractivity contribution >= 4 is 0 Å². The zero-order chi connectivity index (χ0) is 5.82. The fraction of sp³-hybridized carbons (Fsp3) is 0.375. The highest BCUT2D eigenvalue weighted by atomic mass is 14.2. The summed E-state index contributed by atoms with van der Waals surface area (Å²) in [5.41, 5.74) is 0. The summed E-state index contributed by atoms with van der Waals surface area (Å²) in [6, 6.07) is 0. The first kappa shape index (κ1) is 5.61. The van der Waals surface area contributed by atoms with Crippen molar-refractivity contribution in [3.8, 4) is 0 Å². The Morgan fingerprint density at radius 1 is 1.75 bits per heavy atom. The highest BCUT2D eigenvalue weighted by Gasteiger charge is 2.19. The van der Waals surface area contributed by atoms with Crippen molar-refractivity contribution in [1.29, 1.82) is 0 Å². The molecule has 0 nitrogen and oxygen atoms in total. The zero-order valence-electron chi connectivity index (χ0n) is 5.01. The predicted octanol–water partition coefficient (Wildman–Crippen LogP) is 2.34. The molecule has 1 atom stereocenters. The topological polar surface area (TPSA) is 0 Å². The van der Waals surface area contributed by atoms with E-state index in [0.717, 1.165) is 5.92 Å². The van der Waals surface area contributed by atoms with E-state index in [4.69, 9.17) is 0 Å². The molecule has 1 rings (SSSR count). The van der Waals surface area contributed by atoms with Gasteiger partial charge < -0.3 is 0 Å². The van der Waals surface area contributed by atoms with Crippen LogP contribution in [0.25, 0.3) is 0 Å². The molecular weight excluding hydrogens is 96.1 g/mol. The summed E-state index contributed by atoms with van der Waals surface area (Å²) < 4.78 is 0. The number of hydrogen-bond donors (Lipinski definition) is 0. The van der Waals surface area contributed by atoms with Gasteiger partial charge in [0.15, 0.2) is 0 Å². The van der Waals surface area contributed by atoms with Crippen LogP contribution in [0.5, 0.6) is 0 Å². The molecule has 0 aromatic rings. The Morgan fingerprint density at radius 2 is 2.50 bits per heavy atom. The van der Waals surface area contributed by atoms with Crippen LogP contribution >= 0.6 is 0 Å². The Bertz CT molecular complexity index is 96.6. The maximum absolute atomic E-state index is 3.58. The van der Waals surface area contributed by atoms with Gasteiger partial charge in [-0.25, -0.2) is 0 Å². The van der Waals surface area contributed by atoms with Crippen LogP contribution in [0.4, 0.5) is 0 Å². The first-order valence-corrected chi connectivity index (χ1v) is 3.04. The number of allylic oxidation sites excluding steroid dienone is 3. The Balaban J connectivity index is 2.01. The first-order chi connectivity index (χ1) is 3.93. The summed E-state index contributed by atoms with van der Waals surface area (Å²) in [4.78, 5) is 0. The molecular formula is C8H11. The second kappa shape index (κ2) is 2.71. The SMILES string of the molecule is C=CC=CCC1[CH]C1. The Labute approximate surface area is 50.9 Å². The molecule has 0 saturated heterocycles. The van der Waals surface area contributed by atoms with E-state index in [-0.39, 0.29) is 0 Å². The summed E-state index contributed by atoms with van der Waals surface area (Å²) in [5, 5.41) is 0. The Hall–Kier alpha value is -0.520. The molecule has 1 aliphatic rings. The van der Waals surface area contributed by atoms with E-state index in [0.29, 0.717) is 0 Å². The van der Waals surface area contributed by atoms with Crippen LogP contribution in [0.1, 0.15) is 12.8 Å². The Kier molecular flexibility index (Phi) is 1.90. The molecule has 0 bridgehead atoms. The lowest BCUT2D eigenvalue weighted by Crippen LogP contribution is -1.65. The minimum absolute atomic E-state index is 0.895. The van der Waals surface area contributed by atoms with Crippen molar-refractivity contribution < 1.29 is 0 Å². The van der Waals surface area contributed by atoms with E-state index in [2.05, 4.69) is 19.1 Å². The molecule has 43 valence electrons. The summed E-state index contributed by atoms with van der Waals surface area (Å²) in [5.74, 6) is 0.895. The maximum atomic E-state index is 3.58. The molecule has 0 spiro atoms. The molecule has 0 aliphatic heterocycles. The zero-order valence-corrected chi connectivity index (χ0v) is 5.01. The molecule has 0 aromatic carbocycles. The van der Waals surface area contributed by atoms with Crippen LogP contribution in [0.2, 0.25) is 0 Å². The minimum Gasteiger partial charge on any atom is -0.0991 e.